The van der Waals surface area contributed by atoms with Crippen LogP contribution in [0.25, 0.3) is 11.1 Å². The molecule has 0 unspecified atom stereocenters. The monoisotopic (exact) mass is 368 g/mol. The van der Waals surface area contributed by atoms with Crippen LogP contribution in [-0.4, -0.2) is 31.1 Å². The van der Waals surface area contributed by atoms with Gasteiger partial charge in [0.05, 0.1) is 6.42 Å². The van der Waals surface area contributed by atoms with Crippen LogP contribution < -0.4 is 10.6 Å². The first-order chi connectivity index (χ1) is 12.9. The molecule has 2 N–H and O–H groups in total. The number of carbonyl (C=O) groups is 3. The van der Waals surface area contributed by atoms with Crippen LogP contribution >= 0.6 is 0 Å². The maximum absolute atomic E-state index is 11.9. The molecule has 0 aromatic heterocycles. The minimum Gasteiger partial charge on any atom is -0.455 e. The van der Waals surface area contributed by atoms with E-state index < -0.39 is 24.5 Å². The molecule has 0 atom stereocenters. The number of amides is 3. The van der Waals surface area contributed by atoms with Gasteiger partial charge in [0.15, 0.2) is 6.61 Å². The maximum Gasteiger partial charge on any atom is 0.321 e. The van der Waals surface area contributed by atoms with Crippen molar-refractivity contribution in [2.75, 3.05) is 13.2 Å². The normalized spacial score (nSPS) is 10.3. The van der Waals surface area contributed by atoms with Crippen LogP contribution in [0.1, 0.15) is 19.4 Å². The second-order valence-corrected chi connectivity index (χ2v) is 6.55. The van der Waals surface area contributed by atoms with E-state index in [9.17, 15) is 14.4 Å². The Morgan fingerprint density at radius 1 is 0.926 bits per heavy atom. The fourth-order valence-corrected chi connectivity index (χ4v) is 2.31. The Labute approximate surface area is 158 Å². The summed E-state index contributed by atoms with van der Waals surface area (Å²) >= 11 is 0. The van der Waals surface area contributed by atoms with Crippen molar-refractivity contribution in [2.45, 2.75) is 20.3 Å². The maximum atomic E-state index is 11.9. The van der Waals surface area contributed by atoms with E-state index in [0.717, 1.165) is 16.7 Å². The summed E-state index contributed by atoms with van der Waals surface area (Å²) in [6, 6.07) is 16.9. The molecule has 0 aliphatic heterocycles. The van der Waals surface area contributed by atoms with E-state index in [0.29, 0.717) is 6.54 Å². The molecule has 0 aliphatic carbocycles. The van der Waals surface area contributed by atoms with E-state index in [1.165, 1.54) is 0 Å². The fraction of sp³-hybridized carbons (Fsp3) is 0.286. The summed E-state index contributed by atoms with van der Waals surface area (Å²) in [7, 11) is 0. The minimum absolute atomic E-state index is 0.0574. The Bertz CT molecular complexity index is 771. The molecular formula is C21H24N2O4. The van der Waals surface area contributed by atoms with Crippen molar-refractivity contribution in [2.24, 2.45) is 5.92 Å². The topological polar surface area (TPSA) is 84.5 Å². The van der Waals surface area contributed by atoms with Gasteiger partial charge < -0.3 is 10.1 Å². The highest BCUT2D eigenvalue weighted by Gasteiger charge is 2.11. The number of carbonyl (C=O) groups excluding carboxylic acids is 3. The average molecular weight is 368 g/mol. The Hall–Kier alpha value is -3.15. The van der Waals surface area contributed by atoms with Crippen molar-refractivity contribution < 1.29 is 19.1 Å². The zero-order valence-electron chi connectivity index (χ0n) is 15.5. The fourth-order valence-electron chi connectivity index (χ4n) is 2.31. The van der Waals surface area contributed by atoms with E-state index in [2.05, 4.69) is 10.6 Å². The standard InChI is InChI=1S/C21H24N2O4/c1-15(2)13-22-21(26)23-19(24)14-27-20(25)12-16-8-10-18(11-9-16)17-6-4-3-5-7-17/h3-11,15H,12-14H2,1-2H3,(H2,22,23,24,26). The van der Waals surface area contributed by atoms with E-state index in [4.69, 9.17) is 4.74 Å². The van der Waals surface area contributed by atoms with Crippen LogP contribution in [-0.2, 0) is 20.7 Å². The molecule has 0 fully saturated rings. The molecule has 142 valence electrons. The number of benzene rings is 2. The number of hydrogen-bond acceptors (Lipinski definition) is 4. The molecule has 0 bridgehead atoms. The van der Waals surface area contributed by atoms with Gasteiger partial charge in [-0.25, -0.2) is 4.79 Å². The predicted octanol–water partition coefficient (Wildman–Crippen LogP) is 2.92. The molecule has 0 spiro atoms. The highest BCUT2D eigenvalue weighted by atomic mass is 16.5. The Balaban J connectivity index is 1.75. The first-order valence-corrected chi connectivity index (χ1v) is 8.81. The largest absolute Gasteiger partial charge is 0.455 e. The quantitative estimate of drug-likeness (QED) is 0.736. The summed E-state index contributed by atoms with van der Waals surface area (Å²) in [6.45, 7) is 3.85. The molecule has 2 aromatic rings. The van der Waals surface area contributed by atoms with Crippen molar-refractivity contribution in [3.8, 4) is 11.1 Å². The molecule has 6 heteroatoms. The zero-order chi connectivity index (χ0) is 19.6. The van der Waals surface area contributed by atoms with Gasteiger partial charge >= 0.3 is 12.0 Å². The van der Waals surface area contributed by atoms with Gasteiger partial charge in [0, 0.05) is 6.54 Å². The molecule has 6 nitrogen and oxygen atoms in total. The minimum atomic E-state index is -0.663. The molecule has 0 saturated carbocycles. The summed E-state index contributed by atoms with van der Waals surface area (Å²) in [5.74, 6) is -0.916. The summed E-state index contributed by atoms with van der Waals surface area (Å²) in [4.78, 5) is 34.9. The second kappa shape index (κ2) is 10.1. The van der Waals surface area contributed by atoms with E-state index in [1.807, 2.05) is 68.4 Å². The molecule has 27 heavy (non-hydrogen) atoms. The molecule has 0 heterocycles. The van der Waals surface area contributed by atoms with Crippen molar-refractivity contribution in [3.63, 3.8) is 0 Å². The van der Waals surface area contributed by atoms with Crippen LogP contribution in [0, 0.1) is 5.92 Å². The molecule has 2 rings (SSSR count). The first kappa shape index (κ1) is 20.2. The van der Waals surface area contributed by atoms with Crippen molar-refractivity contribution in [3.05, 3.63) is 60.2 Å². The zero-order valence-corrected chi connectivity index (χ0v) is 15.5. The number of nitrogens with one attached hydrogen (secondary N) is 2. The van der Waals surface area contributed by atoms with Crippen molar-refractivity contribution >= 4 is 17.9 Å². The lowest BCUT2D eigenvalue weighted by atomic mass is 10.0. The van der Waals surface area contributed by atoms with Gasteiger partial charge in [-0.2, -0.15) is 0 Å². The Morgan fingerprint density at radius 3 is 2.19 bits per heavy atom. The summed E-state index contributed by atoms with van der Waals surface area (Å²) in [5.41, 5.74) is 2.94. The highest BCUT2D eigenvalue weighted by Crippen LogP contribution is 2.19. The number of imide groups is 1. The number of urea groups is 1. The van der Waals surface area contributed by atoms with Gasteiger partial charge in [0.25, 0.3) is 5.91 Å². The lowest BCUT2D eigenvalue weighted by molar-refractivity contribution is -0.147. The molecule has 2 aromatic carbocycles. The van der Waals surface area contributed by atoms with Crippen LogP contribution in [0.2, 0.25) is 0 Å². The molecular weight excluding hydrogens is 344 g/mol. The summed E-state index contributed by atoms with van der Waals surface area (Å²) < 4.78 is 4.92. The molecule has 3 amide bonds. The van der Waals surface area contributed by atoms with Gasteiger partial charge in [-0.15, -0.1) is 0 Å². The number of hydrogen-bond donors (Lipinski definition) is 2. The average Bonchev–Trinajstić information content (AvgIpc) is 2.66. The van der Waals surface area contributed by atoms with Gasteiger partial charge in [-0.1, -0.05) is 68.4 Å². The van der Waals surface area contributed by atoms with Gasteiger partial charge in [-0.3, -0.25) is 14.9 Å². The smallest absolute Gasteiger partial charge is 0.321 e. The lowest BCUT2D eigenvalue weighted by Crippen LogP contribution is -2.42. The van der Waals surface area contributed by atoms with Crippen molar-refractivity contribution in [1.29, 1.82) is 0 Å². The molecule has 0 saturated heterocycles. The number of ether oxygens (including phenoxy) is 1. The highest BCUT2D eigenvalue weighted by molar-refractivity contribution is 5.95. The third-order valence-electron chi connectivity index (χ3n) is 3.70. The second-order valence-electron chi connectivity index (χ2n) is 6.55. The SMILES string of the molecule is CC(C)CNC(=O)NC(=O)COC(=O)Cc1ccc(-c2ccccc2)cc1. The summed E-state index contributed by atoms with van der Waals surface area (Å²) in [6.07, 6.45) is 0.0574. The number of esters is 1. The Kier molecular flexibility index (Phi) is 7.55. The predicted molar refractivity (Wildman–Crippen MR) is 103 cm³/mol. The Morgan fingerprint density at radius 2 is 1.56 bits per heavy atom. The van der Waals surface area contributed by atoms with E-state index in [-0.39, 0.29) is 12.3 Å². The third kappa shape index (κ3) is 7.32. The van der Waals surface area contributed by atoms with Crippen LogP contribution in [0.5, 0.6) is 0 Å². The summed E-state index contributed by atoms with van der Waals surface area (Å²) in [5, 5.41) is 4.66. The lowest BCUT2D eigenvalue weighted by Gasteiger charge is -2.09. The van der Waals surface area contributed by atoms with E-state index >= 15 is 0 Å². The van der Waals surface area contributed by atoms with Crippen LogP contribution in [0.3, 0.4) is 0 Å². The number of rotatable bonds is 7. The molecule has 0 aliphatic rings. The van der Waals surface area contributed by atoms with E-state index in [1.54, 1.807) is 0 Å². The third-order valence-corrected chi connectivity index (χ3v) is 3.70. The van der Waals surface area contributed by atoms with Crippen LogP contribution in [0.4, 0.5) is 4.79 Å². The molecule has 0 radical (unpaired) electrons. The van der Waals surface area contributed by atoms with Crippen molar-refractivity contribution in [1.82, 2.24) is 10.6 Å². The van der Waals surface area contributed by atoms with Gasteiger partial charge in [0.2, 0.25) is 0 Å². The van der Waals surface area contributed by atoms with Crippen LogP contribution in [0.15, 0.2) is 54.6 Å². The van der Waals surface area contributed by atoms with Gasteiger partial charge in [0.1, 0.15) is 0 Å². The van der Waals surface area contributed by atoms with Gasteiger partial charge in [-0.05, 0) is 22.6 Å². The first-order valence-electron chi connectivity index (χ1n) is 8.81.